The van der Waals surface area contributed by atoms with E-state index < -0.39 is 16.1 Å². The molecule has 27 heavy (non-hydrogen) atoms. The van der Waals surface area contributed by atoms with Crippen molar-refractivity contribution in [3.05, 3.63) is 48.4 Å². The van der Waals surface area contributed by atoms with Gasteiger partial charge in [-0.25, -0.2) is 12.7 Å². The van der Waals surface area contributed by atoms with Crippen molar-refractivity contribution in [2.45, 2.75) is 23.8 Å². The Hall–Kier alpha value is -2.65. The Labute approximate surface area is 157 Å². The molecule has 1 N–H and O–H groups in total. The SMILES string of the molecule is CN(C)S(=O)(=O)c1ccc(NC(=O)C2CCCN2C(=O)c2ccco2)cc1. The summed E-state index contributed by atoms with van der Waals surface area (Å²) in [5.74, 6) is -0.423. The molecule has 1 unspecified atom stereocenters. The molecule has 0 bridgehead atoms. The first-order valence-corrected chi connectivity index (χ1v) is 9.92. The first-order valence-electron chi connectivity index (χ1n) is 8.48. The van der Waals surface area contributed by atoms with Crippen LogP contribution in [-0.2, 0) is 14.8 Å². The van der Waals surface area contributed by atoms with E-state index in [0.717, 1.165) is 10.7 Å². The van der Waals surface area contributed by atoms with E-state index in [0.29, 0.717) is 18.7 Å². The molecule has 0 spiro atoms. The van der Waals surface area contributed by atoms with Crippen molar-refractivity contribution in [3.8, 4) is 0 Å². The third-order valence-corrected chi connectivity index (χ3v) is 6.28. The van der Waals surface area contributed by atoms with Crippen LogP contribution in [0.4, 0.5) is 5.69 Å². The van der Waals surface area contributed by atoms with Crippen LogP contribution in [0, 0.1) is 0 Å². The molecule has 1 saturated heterocycles. The number of hydrogen-bond donors (Lipinski definition) is 1. The quantitative estimate of drug-likeness (QED) is 0.837. The van der Waals surface area contributed by atoms with Gasteiger partial charge < -0.3 is 14.6 Å². The molecule has 2 heterocycles. The number of likely N-dealkylation sites (tertiary alicyclic amines) is 1. The molecule has 144 valence electrons. The monoisotopic (exact) mass is 391 g/mol. The van der Waals surface area contributed by atoms with Crippen LogP contribution in [0.15, 0.2) is 52.0 Å². The summed E-state index contributed by atoms with van der Waals surface area (Å²) >= 11 is 0. The second-order valence-electron chi connectivity index (χ2n) is 6.43. The van der Waals surface area contributed by atoms with E-state index >= 15 is 0 Å². The lowest BCUT2D eigenvalue weighted by Crippen LogP contribution is -2.43. The molecule has 1 aromatic heterocycles. The normalized spacial score (nSPS) is 17.3. The molecule has 1 fully saturated rings. The van der Waals surface area contributed by atoms with E-state index in [1.54, 1.807) is 12.1 Å². The summed E-state index contributed by atoms with van der Waals surface area (Å²) in [7, 11) is -0.617. The summed E-state index contributed by atoms with van der Waals surface area (Å²) in [5, 5.41) is 2.75. The van der Waals surface area contributed by atoms with E-state index in [9.17, 15) is 18.0 Å². The van der Waals surface area contributed by atoms with Crippen molar-refractivity contribution in [2.75, 3.05) is 26.0 Å². The molecule has 8 nitrogen and oxygen atoms in total. The second kappa shape index (κ2) is 7.53. The zero-order valence-electron chi connectivity index (χ0n) is 15.1. The molecular weight excluding hydrogens is 370 g/mol. The van der Waals surface area contributed by atoms with Crippen LogP contribution >= 0.6 is 0 Å². The number of sulfonamides is 1. The minimum absolute atomic E-state index is 0.140. The molecule has 9 heteroatoms. The molecule has 1 aromatic carbocycles. The van der Waals surface area contributed by atoms with E-state index in [2.05, 4.69) is 5.32 Å². The summed E-state index contributed by atoms with van der Waals surface area (Å²) in [6, 6.07) is 8.54. The zero-order valence-corrected chi connectivity index (χ0v) is 15.9. The van der Waals surface area contributed by atoms with Crippen molar-refractivity contribution < 1.29 is 22.4 Å². The number of hydrogen-bond acceptors (Lipinski definition) is 5. The minimum Gasteiger partial charge on any atom is -0.459 e. The van der Waals surface area contributed by atoms with Gasteiger partial charge in [0.05, 0.1) is 11.2 Å². The lowest BCUT2D eigenvalue weighted by molar-refractivity contribution is -0.119. The lowest BCUT2D eigenvalue weighted by Gasteiger charge is -2.23. The van der Waals surface area contributed by atoms with Gasteiger partial charge in [0.1, 0.15) is 6.04 Å². The fraction of sp³-hybridized carbons (Fsp3) is 0.333. The Morgan fingerprint density at radius 2 is 1.89 bits per heavy atom. The highest BCUT2D eigenvalue weighted by Gasteiger charge is 2.35. The van der Waals surface area contributed by atoms with Gasteiger partial charge in [0.15, 0.2) is 5.76 Å². The Morgan fingerprint density at radius 1 is 1.19 bits per heavy atom. The van der Waals surface area contributed by atoms with Gasteiger partial charge in [-0.3, -0.25) is 9.59 Å². The molecule has 1 atom stereocenters. The Bertz CT molecular complexity index is 920. The van der Waals surface area contributed by atoms with E-state index in [1.807, 2.05) is 0 Å². The third-order valence-electron chi connectivity index (χ3n) is 4.45. The van der Waals surface area contributed by atoms with Crippen molar-refractivity contribution in [2.24, 2.45) is 0 Å². The van der Waals surface area contributed by atoms with Crippen molar-refractivity contribution >= 4 is 27.5 Å². The number of nitrogens with one attached hydrogen (secondary N) is 1. The van der Waals surface area contributed by atoms with Crippen LogP contribution in [0.5, 0.6) is 0 Å². The van der Waals surface area contributed by atoms with Crippen LogP contribution in [-0.4, -0.2) is 56.1 Å². The van der Waals surface area contributed by atoms with Gasteiger partial charge in [0.2, 0.25) is 15.9 Å². The average molecular weight is 391 g/mol. The Morgan fingerprint density at radius 3 is 2.48 bits per heavy atom. The summed E-state index contributed by atoms with van der Waals surface area (Å²) in [4.78, 5) is 26.7. The van der Waals surface area contributed by atoms with Gasteiger partial charge in [-0.15, -0.1) is 0 Å². The van der Waals surface area contributed by atoms with Crippen LogP contribution in [0.2, 0.25) is 0 Å². The maximum Gasteiger partial charge on any atom is 0.290 e. The number of benzene rings is 1. The highest BCUT2D eigenvalue weighted by Crippen LogP contribution is 2.23. The number of carbonyl (C=O) groups excluding carboxylic acids is 2. The lowest BCUT2D eigenvalue weighted by atomic mass is 10.2. The van der Waals surface area contributed by atoms with Crippen molar-refractivity contribution in [1.82, 2.24) is 9.21 Å². The number of furan rings is 1. The van der Waals surface area contributed by atoms with Crippen LogP contribution in [0.25, 0.3) is 0 Å². The highest BCUT2D eigenvalue weighted by molar-refractivity contribution is 7.89. The van der Waals surface area contributed by atoms with E-state index in [4.69, 9.17) is 4.42 Å². The smallest absolute Gasteiger partial charge is 0.290 e. The molecule has 0 saturated carbocycles. The van der Waals surface area contributed by atoms with Gasteiger partial charge in [-0.05, 0) is 49.2 Å². The number of amides is 2. The molecular formula is C18H21N3O5S. The molecule has 0 aliphatic carbocycles. The molecule has 1 aliphatic heterocycles. The van der Waals surface area contributed by atoms with Gasteiger partial charge in [-0.1, -0.05) is 0 Å². The topological polar surface area (TPSA) is 99.9 Å². The van der Waals surface area contributed by atoms with Crippen molar-refractivity contribution in [1.29, 1.82) is 0 Å². The maximum atomic E-state index is 12.6. The van der Waals surface area contributed by atoms with E-state index in [-0.39, 0.29) is 22.5 Å². The highest BCUT2D eigenvalue weighted by atomic mass is 32.2. The third kappa shape index (κ3) is 3.88. The Kier molecular flexibility index (Phi) is 5.33. The largest absolute Gasteiger partial charge is 0.459 e. The van der Waals surface area contributed by atoms with Gasteiger partial charge in [0, 0.05) is 26.3 Å². The van der Waals surface area contributed by atoms with Gasteiger partial charge in [0.25, 0.3) is 5.91 Å². The van der Waals surface area contributed by atoms with Crippen molar-refractivity contribution in [3.63, 3.8) is 0 Å². The molecule has 2 aromatic rings. The first-order chi connectivity index (χ1) is 12.8. The minimum atomic E-state index is -3.53. The molecule has 3 rings (SSSR count). The molecule has 1 aliphatic rings. The predicted octanol–water partition coefficient (Wildman–Crippen LogP) is 1.77. The summed E-state index contributed by atoms with van der Waals surface area (Å²) in [5.41, 5.74) is 0.468. The number of rotatable bonds is 5. The standard InChI is InChI=1S/C18H21N3O5S/c1-20(2)27(24,25)14-9-7-13(8-10-14)19-17(22)15-5-3-11-21(15)18(23)16-6-4-12-26-16/h4,6-10,12,15H,3,5,11H2,1-2H3,(H,19,22). The summed E-state index contributed by atoms with van der Waals surface area (Å²) in [6.07, 6.45) is 2.71. The van der Waals surface area contributed by atoms with Gasteiger partial charge in [-0.2, -0.15) is 0 Å². The van der Waals surface area contributed by atoms with Crippen LogP contribution < -0.4 is 5.32 Å². The molecule has 2 amide bonds. The van der Waals surface area contributed by atoms with Crippen LogP contribution in [0.3, 0.4) is 0 Å². The molecule has 0 radical (unpaired) electrons. The fourth-order valence-corrected chi connectivity index (χ4v) is 3.87. The second-order valence-corrected chi connectivity index (χ2v) is 8.59. The average Bonchev–Trinajstić information content (AvgIpc) is 3.33. The van der Waals surface area contributed by atoms with E-state index in [1.165, 1.54) is 49.5 Å². The number of anilines is 1. The summed E-state index contributed by atoms with van der Waals surface area (Å²) in [6.45, 7) is 0.484. The summed E-state index contributed by atoms with van der Waals surface area (Å²) < 4.78 is 30.4. The predicted molar refractivity (Wildman–Crippen MR) is 98.7 cm³/mol. The Balaban J connectivity index is 1.70. The number of carbonyl (C=O) groups is 2. The fourth-order valence-electron chi connectivity index (χ4n) is 2.97. The van der Waals surface area contributed by atoms with Gasteiger partial charge >= 0.3 is 0 Å². The van der Waals surface area contributed by atoms with Crippen LogP contribution in [0.1, 0.15) is 23.4 Å². The number of nitrogens with zero attached hydrogens (tertiary/aromatic N) is 2. The maximum absolute atomic E-state index is 12.6. The zero-order chi connectivity index (χ0) is 19.6. The first kappa shape index (κ1) is 19.1.